The Bertz CT molecular complexity index is 1890. The average Bonchev–Trinajstić information content (AvgIpc) is 3.54. The molecule has 4 rings (SSSR count). The third-order valence-electron chi connectivity index (χ3n) is 8.97. The highest BCUT2D eigenvalue weighted by Gasteiger charge is 2.43. The molecule has 0 spiro atoms. The molecule has 2 aromatic rings. The van der Waals surface area contributed by atoms with Gasteiger partial charge in [-0.1, -0.05) is 12.1 Å². The van der Waals surface area contributed by atoms with Gasteiger partial charge in [-0.2, -0.15) is 0 Å². The fraction of sp³-hybridized carbons (Fsp3) is 0.658. The summed E-state index contributed by atoms with van der Waals surface area (Å²) < 4.78 is 55.2. The van der Waals surface area contributed by atoms with Gasteiger partial charge in [-0.15, -0.1) is 0 Å². The summed E-state index contributed by atoms with van der Waals surface area (Å²) in [6, 6.07) is 9.27. The number of carbonyl (C=O) groups excluding carboxylic acids is 3. The summed E-state index contributed by atoms with van der Waals surface area (Å²) in [6.07, 6.45) is 3.56. The maximum absolute atomic E-state index is 12.5. The summed E-state index contributed by atoms with van der Waals surface area (Å²) in [7, 11) is -7.50. The number of nitrogens with one attached hydrogen (secondary N) is 1. The molecule has 0 aromatic carbocycles. The summed E-state index contributed by atoms with van der Waals surface area (Å²) >= 11 is 0. The first-order chi connectivity index (χ1) is 26.0. The first-order valence-corrected chi connectivity index (χ1v) is 21.9. The lowest BCUT2D eigenvalue weighted by Gasteiger charge is -2.33. The van der Waals surface area contributed by atoms with Gasteiger partial charge in [0.05, 0.1) is 11.4 Å². The topological polar surface area (TPSA) is 260 Å². The molecule has 2 amide bonds. The molecule has 2 aromatic heterocycles. The van der Waals surface area contributed by atoms with E-state index in [0.29, 0.717) is 43.4 Å². The van der Waals surface area contributed by atoms with Crippen molar-refractivity contribution >= 4 is 38.5 Å². The first-order valence-electron chi connectivity index (χ1n) is 18.8. The molecule has 17 nitrogen and oxygen atoms in total. The third kappa shape index (κ3) is 16.9. The Hall–Kier alpha value is -3.75. The zero-order chi connectivity index (χ0) is 43.6. The lowest BCUT2D eigenvalue weighted by molar-refractivity contribution is -0.108. The maximum atomic E-state index is 12.5. The van der Waals surface area contributed by atoms with Crippen molar-refractivity contribution in [2.24, 2.45) is 27.8 Å². The quantitative estimate of drug-likeness (QED) is 0.195. The Morgan fingerprint density at radius 1 is 0.789 bits per heavy atom. The van der Waals surface area contributed by atoms with Crippen LogP contribution >= 0.6 is 0 Å². The van der Waals surface area contributed by atoms with E-state index >= 15 is 0 Å². The number of amides is 2. The number of ether oxygens (including phenoxy) is 2. The molecule has 2 aliphatic rings. The Kier molecular flexibility index (Phi) is 17.2. The van der Waals surface area contributed by atoms with Crippen LogP contribution in [0.2, 0.25) is 0 Å². The standard InChI is InChI=1S/C19H32N4O4S.C13H23NO3.C6H9N3O2S/c1-18(2,3)27-17(24)23-13-14(11-19(23,4)5)9-10-21-12-15-7-6-8-16(22-15)28(20,25)26;1-12(2,3)17-11(16)14-9-10(6-7-15)8-13(14,4)5;7-4-5-2-1-3-6(9-5)12(8,10)11/h6-8,14,21H,9-13H2,1-5H3,(H2,20,25,26);7,10H,6,8-9H2,1-5H3;1-3H,4,7H2,(H2,8,10,11)/t14-;10-;/m00./s1. The van der Waals surface area contributed by atoms with Crippen LogP contribution in [-0.4, -0.2) is 97.0 Å². The fourth-order valence-corrected chi connectivity index (χ4v) is 7.53. The van der Waals surface area contributed by atoms with Crippen molar-refractivity contribution in [1.29, 1.82) is 0 Å². The summed E-state index contributed by atoms with van der Waals surface area (Å²) in [5, 5.41) is 13.0. The van der Waals surface area contributed by atoms with Gasteiger partial charge in [0.15, 0.2) is 10.1 Å². The van der Waals surface area contributed by atoms with Crippen LogP contribution in [0.5, 0.6) is 0 Å². The molecule has 2 saturated heterocycles. The van der Waals surface area contributed by atoms with Gasteiger partial charge in [-0.25, -0.2) is 46.7 Å². The Morgan fingerprint density at radius 3 is 1.63 bits per heavy atom. The van der Waals surface area contributed by atoms with Gasteiger partial charge in [0.2, 0.25) is 0 Å². The minimum Gasteiger partial charge on any atom is -0.444 e. The molecule has 7 N–H and O–H groups in total. The summed E-state index contributed by atoms with van der Waals surface area (Å²) in [6.45, 7) is 22.0. The van der Waals surface area contributed by atoms with Crippen LogP contribution in [0.1, 0.15) is 106 Å². The van der Waals surface area contributed by atoms with E-state index in [1.165, 1.54) is 12.1 Å². The van der Waals surface area contributed by atoms with Crippen LogP contribution in [0.4, 0.5) is 9.59 Å². The van der Waals surface area contributed by atoms with E-state index in [1.54, 1.807) is 29.2 Å². The Labute approximate surface area is 338 Å². The van der Waals surface area contributed by atoms with Crippen molar-refractivity contribution in [3.05, 3.63) is 47.8 Å². The van der Waals surface area contributed by atoms with E-state index in [9.17, 15) is 31.2 Å². The molecular weight excluding hydrogens is 777 g/mol. The molecule has 0 unspecified atom stereocenters. The number of pyridine rings is 2. The Morgan fingerprint density at radius 2 is 1.21 bits per heavy atom. The average molecular weight is 841 g/mol. The number of hydrogen-bond donors (Lipinski definition) is 4. The van der Waals surface area contributed by atoms with Crippen LogP contribution in [0.15, 0.2) is 46.5 Å². The molecule has 0 aliphatic carbocycles. The number of nitrogens with zero attached hydrogens (tertiary/aromatic N) is 4. The van der Waals surface area contributed by atoms with Gasteiger partial charge in [-0.05, 0) is 131 Å². The number of aldehydes is 1. The number of aromatic nitrogens is 2. The normalized spacial score (nSPS) is 19.1. The number of nitrogens with two attached hydrogens (primary N) is 3. The molecule has 57 heavy (non-hydrogen) atoms. The number of carbonyl (C=O) groups is 3. The molecule has 0 saturated carbocycles. The minimum atomic E-state index is -3.80. The van der Waals surface area contributed by atoms with Crippen molar-refractivity contribution in [1.82, 2.24) is 25.1 Å². The van der Waals surface area contributed by atoms with E-state index in [0.717, 1.165) is 32.1 Å². The highest BCUT2D eigenvalue weighted by Crippen LogP contribution is 2.36. The summed E-state index contributed by atoms with van der Waals surface area (Å²) in [5.41, 5.74) is 4.94. The largest absolute Gasteiger partial charge is 0.444 e. The van der Waals surface area contributed by atoms with Crippen LogP contribution in [0, 0.1) is 11.8 Å². The number of likely N-dealkylation sites (tertiary alicyclic amines) is 2. The van der Waals surface area contributed by atoms with Crippen molar-refractivity contribution in [3.63, 3.8) is 0 Å². The molecule has 19 heteroatoms. The molecule has 4 heterocycles. The van der Waals surface area contributed by atoms with E-state index in [4.69, 9.17) is 25.5 Å². The zero-order valence-electron chi connectivity index (χ0n) is 35.1. The van der Waals surface area contributed by atoms with Gasteiger partial charge in [-0.3, -0.25) is 0 Å². The van der Waals surface area contributed by atoms with Gasteiger partial charge in [0, 0.05) is 43.7 Å². The number of rotatable bonds is 10. The summed E-state index contributed by atoms with van der Waals surface area (Å²) in [5.74, 6) is 0.633. The fourth-order valence-electron chi connectivity index (χ4n) is 6.50. The van der Waals surface area contributed by atoms with E-state index < -0.39 is 31.2 Å². The van der Waals surface area contributed by atoms with Crippen molar-refractivity contribution in [2.45, 2.75) is 140 Å². The van der Waals surface area contributed by atoms with Crippen LogP contribution < -0.4 is 21.3 Å². The van der Waals surface area contributed by atoms with Gasteiger partial charge >= 0.3 is 12.2 Å². The van der Waals surface area contributed by atoms with Gasteiger partial charge < -0.3 is 35.1 Å². The number of primary sulfonamides is 2. The molecule has 2 atom stereocenters. The van der Waals surface area contributed by atoms with E-state index in [1.807, 2.05) is 60.3 Å². The van der Waals surface area contributed by atoms with Gasteiger partial charge in [0.1, 0.15) is 17.5 Å². The smallest absolute Gasteiger partial charge is 0.410 e. The highest BCUT2D eigenvalue weighted by atomic mass is 32.2. The third-order valence-corrected chi connectivity index (χ3v) is 10.6. The van der Waals surface area contributed by atoms with Gasteiger partial charge in [0.25, 0.3) is 20.0 Å². The number of sulfonamides is 2. The summed E-state index contributed by atoms with van der Waals surface area (Å²) in [4.78, 5) is 46.4. The highest BCUT2D eigenvalue weighted by molar-refractivity contribution is 7.89. The first kappa shape index (κ1) is 49.4. The second kappa shape index (κ2) is 19.8. The predicted molar refractivity (Wildman–Crippen MR) is 216 cm³/mol. The minimum absolute atomic E-state index is 0.127. The monoisotopic (exact) mass is 840 g/mol. The van der Waals surface area contributed by atoms with E-state index in [-0.39, 0.29) is 45.8 Å². The predicted octanol–water partition coefficient (Wildman–Crippen LogP) is 4.04. The molecule has 2 aliphatic heterocycles. The molecule has 0 bridgehead atoms. The van der Waals surface area contributed by atoms with Crippen molar-refractivity contribution in [2.75, 3.05) is 19.6 Å². The Balaban J connectivity index is 0.000000327. The van der Waals surface area contributed by atoms with Crippen LogP contribution in [-0.2, 0) is 47.4 Å². The molecule has 322 valence electrons. The lowest BCUT2D eigenvalue weighted by atomic mass is 9.94. The van der Waals surface area contributed by atoms with Crippen molar-refractivity contribution in [3.8, 4) is 0 Å². The molecular formula is C38H64N8O9S2. The molecule has 0 radical (unpaired) electrons. The van der Waals surface area contributed by atoms with Crippen LogP contribution in [0.3, 0.4) is 0 Å². The van der Waals surface area contributed by atoms with Crippen LogP contribution in [0.25, 0.3) is 0 Å². The second-order valence-corrected chi connectivity index (χ2v) is 20.6. The second-order valence-electron chi connectivity index (χ2n) is 17.5. The number of hydrogen-bond acceptors (Lipinski definition) is 13. The van der Waals surface area contributed by atoms with Crippen molar-refractivity contribution < 1.29 is 40.7 Å². The maximum Gasteiger partial charge on any atom is 0.410 e. The van der Waals surface area contributed by atoms with E-state index in [2.05, 4.69) is 29.1 Å². The molecule has 2 fully saturated rings. The lowest BCUT2D eigenvalue weighted by Crippen LogP contribution is -2.45. The SMILES string of the molecule is CC(C)(C)OC(=O)N1C[C@@H](CC=O)CC1(C)C.CC(C)(C)OC(=O)N1C[C@@H](CCNCc2cccc(S(N)(=O)=O)n2)CC1(C)C.NCc1cccc(S(N)(=O)=O)n1. The zero-order valence-corrected chi connectivity index (χ0v) is 36.7.